The molecule has 3 heterocycles. The van der Waals surface area contributed by atoms with Crippen LogP contribution >= 0.6 is 0 Å². The normalized spacial score (nSPS) is 17.2. The number of pyridine rings is 1. The molecule has 128 valence electrons. The summed E-state index contributed by atoms with van der Waals surface area (Å²) in [5.41, 5.74) is 2.92. The van der Waals surface area contributed by atoms with Crippen molar-refractivity contribution in [3.8, 4) is 0 Å². The first-order valence-electron chi connectivity index (χ1n) is 8.69. The molecule has 25 heavy (non-hydrogen) atoms. The summed E-state index contributed by atoms with van der Waals surface area (Å²) in [5.74, 6) is 0.578. The summed E-state index contributed by atoms with van der Waals surface area (Å²) in [4.78, 5) is 17.0. The number of anilines is 1. The van der Waals surface area contributed by atoms with Gasteiger partial charge >= 0.3 is 0 Å². The van der Waals surface area contributed by atoms with E-state index in [9.17, 15) is 4.79 Å². The van der Waals surface area contributed by atoms with E-state index < -0.39 is 0 Å². The van der Waals surface area contributed by atoms with Gasteiger partial charge in [-0.2, -0.15) is 5.10 Å². The Morgan fingerprint density at radius 2 is 2.08 bits per heavy atom. The lowest BCUT2D eigenvalue weighted by molar-refractivity contribution is 0.0776. The number of carbonyl (C=O) groups excluding carboxylic acids is 1. The van der Waals surface area contributed by atoms with Gasteiger partial charge in [-0.3, -0.25) is 4.79 Å². The summed E-state index contributed by atoms with van der Waals surface area (Å²) in [6, 6.07) is 16.1. The molecular weight excluding hydrogens is 312 g/mol. The second-order valence-corrected chi connectivity index (χ2v) is 6.74. The zero-order chi connectivity index (χ0) is 17.2. The van der Waals surface area contributed by atoms with Gasteiger partial charge in [0.15, 0.2) is 0 Å². The first-order valence-corrected chi connectivity index (χ1v) is 8.69. The molecule has 1 fully saturated rings. The second kappa shape index (κ2) is 6.59. The van der Waals surface area contributed by atoms with Crippen molar-refractivity contribution in [3.05, 3.63) is 66.5 Å². The van der Waals surface area contributed by atoms with Crippen LogP contribution in [-0.2, 0) is 0 Å². The first-order chi connectivity index (χ1) is 12.2. The quantitative estimate of drug-likeness (QED) is 0.737. The van der Waals surface area contributed by atoms with Crippen molar-refractivity contribution in [1.82, 2.24) is 14.5 Å². The molecule has 1 aromatic carbocycles. The van der Waals surface area contributed by atoms with Crippen molar-refractivity contribution in [2.45, 2.75) is 6.42 Å². The first kappa shape index (κ1) is 15.7. The van der Waals surface area contributed by atoms with Gasteiger partial charge in [0.05, 0.1) is 5.52 Å². The maximum Gasteiger partial charge on any atom is 0.253 e. The number of benzene rings is 1. The molecule has 0 spiro atoms. The molecule has 1 atom stereocenters. The Hall–Kier alpha value is -2.82. The minimum absolute atomic E-state index is 0.0712. The highest BCUT2D eigenvalue weighted by atomic mass is 16.2. The van der Waals surface area contributed by atoms with Gasteiger partial charge in [0.1, 0.15) is 0 Å². The number of carbonyl (C=O) groups is 1. The van der Waals surface area contributed by atoms with Crippen molar-refractivity contribution in [3.63, 3.8) is 0 Å². The predicted octanol–water partition coefficient (Wildman–Crippen LogP) is 2.93. The molecule has 0 aliphatic carbocycles. The van der Waals surface area contributed by atoms with Gasteiger partial charge in [0.2, 0.25) is 0 Å². The van der Waals surface area contributed by atoms with Gasteiger partial charge < -0.3 is 9.80 Å². The van der Waals surface area contributed by atoms with Gasteiger partial charge in [-0.15, -0.1) is 0 Å². The highest BCUT2D eigenvalue weighted by Crippen LogP contribution is 2.24. The smallest absolute Gasteiger partial charge is 0.253 e. The maximum absolute atomic E-state index is 12.7. The molecule has 0 radical (unpaired) electrons. The summed E-state index contributed by atoms with van der Waals surface area (Å²) in [6.45, 7) is 2.84. The lowest BCUT2D eigenvalue weighted by Crippen LogP contribution is -2.33. The molecule has 3 aromatic rings. The highest BCUT2D eigenvalue weighted by Gasteiger charge is 2.25. The standard InChI is InChI=1S/C20H22N4O/c1-22(20(25)17-9-12-24-19(13-17)7-10-21-24)14-16-8-11-23(15-16)18-5-3-2-4-6-18/h2-7,9-10,12-13,16H,8,11,14-15H2,1H3. The van der Waals surface area contributed by atoms with Crippen LogP contribution in [0.1, 0.15) is 16.8 Å². The Kier molecular flexibility index (Phi) is 4.14. The lowest BCUT2D eigenvalue weighted by atomic mass is 10.1. The summed E-state index contributed by atoms with van der Waals surface area (Å²) >= 11 is 0. The van der Waals surface area contributed by atoms with Crippen molar-refractivity contribution in [2.75, 3.05) is 31.6 Å². The van der Waals surface area contributed by atoms with Crippen LogP contribution in [0.15, 0.2) is 60.9 Å². The van der Waals surface area contributed by atoms with Crippen LogP contribution in [0, 0.1) is 5.92 Å². The van der Waals surface area contributed by atoms with E-state index in [1.165, 1.54) is 5.69 Å². The number of amides is 1. The van der Waals surface area contributed by atoms with E-state index in [0.29, 0.717) is 11.5 Å². The van der Waals surface area contributed by atoms with E-state index in [1.807, 2.05) is 42.4 Å². The average molecular weight is 334 g/mol. The Balaban J connectivity index is 1.40. The Labute approximate surface area is 147 Å². The summed E-state index contributed by atoms with van der Waals surface area (Å²) in [6.07, 6.45) is 4.70. The van der Waals surface area contributed by atoms with Crippen LogP contribution in [0.5, 0.6) is 0 Å². The summed E-state index contributed by atoms with van der Waals surface area (Å²) in [7, 11) is 1.90. The minimum Gasteiger partial charge on any atom is -0.371 e. The zero-order valence-corrected chi connectivity index (χ0v) is 14.4. The van der Waals surface area contributed by atoms with Crippen LogP contribution in [0.3, 0.4) is 0 Å². The predicted molar refractivity (Wildman–Crippen MR) is 98.9 cm³/mol. The highest BCUT2D eigenvalue weighted by molar-refractivity contribution is 5.95. The van der Waals surface area contributed by atoms with Gasteiger partial charge in [-0.1, -0.05) is 18.2 Å². The number of fused-ring (bicyclic) bond motifs is 1. The fourth-order valence-corrected chi connectivity index (χ4v) is 3.60. The average Bonchev–Trinajstić information content (AvgIpc) is 3.30. The maximum atomic E-state index is 12.7. The molecular formula is C20H22N4O. The minimum atomic E-state index is 0.0712. The summed E-state index contributed by atoms with van der Waals surface area (Å²) in [5, 5.41) is 4.17. The lowest BCUT2D eigenvalue weighted by Gasteiger charge is -2.22. The summed E-state index contributed by atoms with van der Waals surface area (Å²) < 4.78 is 1.77. The molecule has 0 saturated carbocycles. The molecule has 0 N–H and O–H groups in total. The number of rotatable bonds is 4. The molecule has 2 aromatic heterocycles. The molecule has 5 nitrogen and oxygen atoms in total. The third-order valence-corrected chi connectivity index (χ3v) is 4.93. The topological polar surface area (TPSA) is 40.9 Å². The van der Waals surface area contributed by atoms with Crippen molar-refractivity contribution in [1.29, 1.82) is 0 Å². The van der Waals surface area contributed by atoms with Crippen LogP contribution in [-0.4, -0.2) is 47.1 Å². The largest absolute Gasteiger partial charge is 0.371 e. The van der Waals surface area contributed by atoms with Crippen LogP contribution in [0.4, 0.5) is 5.69 Å². The van der Waals surface area contributed by atoms with E-state index in [4.69, 9.17) is 0 Å². The fraction of sp³-hybridized carbons (Fsp3) is 0.300. The SMILES string of the molecule is CN(CC1CCN(c2ccccc2)C1)C(=O)c1ccn2nccc2c1. The molecule has 1 unspecified atom stereocenters. The van der Waals surface area contributed by atoms with E-state index in [2.05, 4.69) is 34.3 Å². The van der Waals surface area contributed by atoms with E-state index in [-0.39, 0.29) is 5.91 Å². The third kappa shape index (κ3) is 3.22. The Bertz CT molecular complexity index is 874. The van der Waals surface area contributed by atoms with Gasteiger partial charge in [-0.25, -0.2) is 4.52 Å². The van der Waals surface area contributed by atoms with Crippen LogP contribution in [0.2, 0.25) is 0 Å². The molecule has 1 aliphatic rings. The van der Waals surface area contributed by atoms with E-state index in [0.717, 1.165) is 31.6 Å². The number of aromatic nitrogens is 2. The van der Waals surface area contributed by atoms with Crippen LogP contribution in [0.25, 0.3) is 5.52 Å². The van der Waals surface area contributed by atoms with Gasteiger partial charge in [0.25, 0.3) is 5.91 Å². The Morgan fingerprint density at radius 1 is 1.24 bits per heavy atom. The van der Waals surface area contributed by atoms with Gasteiger partial charge in [0, 0.05) is 50.3 Å². The molecule has 4 rings (SSSR count). The number of nitrogens with zero attached hydrogens (tertiary/aromatic N) is 4. The van der Waals surface area contributed by atoms with E-state index in [1.54, 1.807) is 10.7 Å². The second-order valence-electron chi connectivity index (χ2n) is 6.74. The number of para-hydroxylation sites is 1. The zero-order valence-electron chi connectivity index (χ0n) is 14.4. The van der Waals surface area contributed by atoms with E-state index >= 15 is 0 Å². The fourth-order valence-electron chi connectivity index (χ4n) is 3.60. The molecule has 1 amide bonds. The monoisotopic (exact) mass is 334 g/mol. The number of hydrogen-bond donors (Lipinski definition) is 0. The van der Waals surface area contributed by atoms with Gasteiger partial charge in [-0.05, 0) is 42.7 Å². The van der Waals surface area contributed by atoms with Crippen molar-refractivity contribution in [2.24, 2.45) is 5.92 Å². The number of hydrogen-bond acceptors (Lipinski definition) is 3. The van der Waals surface area contributed by atoms with Crippen LogP contribution < -0.4 is 4.90 Å². The Morgan fingerprint density at radius 3 is 2.92 bits per heavy atom. The third-order valence-electron chi connectivity index (χ3n) is 4.93. The van der Waals surface area contributed by atoms with Crippen molar-refractivity contribution >= 4 is 17.1 Å². The molecule has 0 bridgehead atoms. The van der Waals surface area contributed by atoms with Crippen molar-refractivity contribution < 1.29 is 4.79 Å². The molecule has 1 saturated heterocycles. The molecule has 5 heteroatoms. The molecule has 1 aliphatic heterocycles.